The first-order chi connectivity index (χ1) is 21.6. The van der Waals surface area contributed by atoms with Crippen LogP contribution in [0.3, 0.4) is 0 Å². The molecule has 9 rings (SSSR count). The Labute approximate surface area is 259 Å². The summed E-state index contributed by atoms with van der Waals surface area (Å²) in [5.74, 6) is 0. The zero-order valence-electron chi connectivity index (χ0n) is 25.6. The van der Waals surface area contributed by atoms with Crippen molar-refractivity contribution in [2.24, 2.45) is 7.05 Å². The molecule has 1 heteroatoms. The average Bonchev–Trinajstić information content (AvgIpc) is 3.64. The number of fused-ring (bicyclic) bond motifs is 9. The molecule has 0 spiro atoms. The van der Waals surface area contributed by atoms with Gasteiger partial charge in [0.25, 0.3) is 0 Å². The molecule has 1 aromatic heterocycles. The SMILES string of the molecule is CCCC1(c2ccc3c(c2)c2cc(C4(C)c5ccccc5-c5ccccc54)ccc2n3C)c2ccccc2-c2ccccc21. The van der Waals surface area contributed by atoms with E-state index in [1.807, 2.05) is 0 Å². The first-order valence-corrected chi connectivity index (χ1v) is 16.0. The van der Waals surface area contributed by atoms with E-state index in [2.05, 4.69) is 159 Å². The van der Waals surface area contributed by atoms with Crippen molar-refractivity contribution >= 4 is 21.8 Å². The van der Waals surface area contributed by atoms with E-state index in [0.29, 0.717) is 0 Å². The summed E-state index contributed by atoms with van der Waals surface area (Å²) in [7, 11) is 2.22. The van der Waals surface area contributed by atoms with Crippen LogP contribution in [0.5, 0.6) is 0 Å². The Bertz CT molecular complexity index is 2190. The number of aryl methyl sites for hydroxylation is 1. The predicted molar refractivity (Wildman–Crippen MR) is 185 cm³/mol. The predicted octanol–water partition coefficient (Wildman–Crippen LogP) is 10.8. The molecule has 0 fully saturated rings. The monoisotopic (exact) mass is 565 g/mol. The lowest BCUT2D eigenvalue weighted by atomic mass is 9.69. The third-order valence-corrected chi connectivity index (χ3v) is 11.0. The molecule has 0 unspecified atom stereocenters. The molecule has 2 aliphatic rings. The minimum atomic E-state index is -0.214. The van der Waals surface area contributed by atoms with E-state index < -0.39 is 0 Å². The molecule has 0 atom stereocenters. The molecule has 7 aromatic rings. The van der Waals surface area contributed by atoms with E-state index in [1.165, 1.54) is 77.4 Å². The third kappa shape index (κ3) is 3.09. The van der Waals surface area contributed by atoms with E-state index in [0.717, 1.165) is 12.8 Å². The summed E-state index contributed by atoms with van der Waals surface area (Å²) < 4.78 is 2.38. The van der Waals surface area contributed by atoms with E-state index in [-0.39, 0.29) is 10.8 Å². The lowest BCUT2D eigenvalue weighted by molar-refractivity contribution is 0.563. The number of benzene rings is 6. The first-order valence-electron chi connectivity index (χ1n) is 16.0. The Morgan fingerprint density at radius 1 is 0.500 bits per heavy atom. The summed E-state index contributed by atoms with van der Waals surface area (Å²) in [4.78, 5) is 0. The van der Waals surface area contributed by atoms with Gasteiger partial charge in [-0.3, -0.25) is 0 Å². The van der Waals surface area contributed by atoms with Crippen LogP contribution < -0.4 is 0 Å². The van der Waals surface area contributed by atoms with E-state index >= 15 is 0 Å². The van der Waals surface area contributed by atoms with Crippen molar-refractivity contribution in [1.29, 1.82) is 0 Å². The molecular formula is C43H35N. The second-order valence-electron chi connectivity index (χ2n) is 13.0. The van der Waals surface area contributed by atoms with Gasteiger partial charge in [-0.1, -0.05) is 123 Å². The molecule has 0 radical (unpaired) electrons. The number of rotatable bonds is 4. The van der Waals surface area contributed by atoms with Crippen LogP contribution in [0.1, 0.15) is 60.1 Å². The van der Waals surface area contributed by atoms with Crippen molar-refractivity contribution in [3.05, 3.63) is 167 Å². The van der Waals surface area contributed by atoms with Crippen molar-refractivity contribution < 1.29 is 0 Å². The molecule has 0 saturated carbocycles. The van der Waals surface area contributed by atoms with Gasteiger partial charge >= 0.3 is 0 Å². The van der Waals surface area contributed by atoms with Crippen LogP contribution in [0.2, 0.25) is 0 Å². The van der Waals surface area contributed by atoms with Gasteiger partial charge in [0, 0.05) is 39.7 Å². The fourth-order valence-corrected chi connectivity index (χ4v) is 8.98. The molecular weight excluding hydrogens is 530 g/mol. The van der Waals surface area contributed by atoms with Crippen LogP contribution in [-0.2, 0) is 17.9 Å². The van der Waals surface area contributed by atoms with E-state index in [9.17, 15) is 0 Å². The number of aromatic nitrogens is 1. The zero-order valence-corrected chi connectivity index (χ0v) is 25.6. The van der Waals surface area contributed by atoms with Crippen molar-refractivity contribution in [2.75, 3.05) is 0 Å². The van der Waals surface area contributed by atoms with Gasteiger partial charge < -0.3 is 4.57 Å². The highest BCUT2D eigenvalue weighted by molar-refractivity contribution is 6.09. The minimum Gasteiger partial charge on any atom is -0.344 e. The van der Waals surface area contributed by atoms with Gasteiger partial charge in [-0.15, -0.1) is 0 Å². The van der Waals surface area contributed by atoms with Gasteiger partial charge in [0.15, 0.2) is 0 Å². The minimum absolute atomic E-state index is 0.161. The van der Waals surface area contributed by atoms with Crippen LogP contribution >= 0.6 is 0 Å². The maximum Gasteiger partial charge on any atom is 0.0488 e. The topological polar surface area (TPSA) is 4.93 Å². The van der Waals surface area contributed by atoms with Gasteiger partial charge in [-0.05, 0) is 93.2 Å². The fourth-order valence-electron chi connectivity index (χ4n) is 8.98. The van der Waals surface area contributed by atoms with Gasteiger partial charge in [0.2, 0.25) is 0 Å². The molecule has 0 N–H and O–H groups in total. The Morgan fingerprint density at radius 3 is 1.41 bits per heavy atom. The molecule has 2 aliphatic carbocycles. The molecule has 0 amide bonds. The quantitative estimate of drug-likeness (QED) is 0.200. The van der Waals surface area contributed by atoms with Gasteiger partial charge in [-0.25, -0.2) is 0 Å². The standard InChI is InChI=1S/C43H35N/c1-4-25-43(38-19-11-7-15-32(38)33-16-8-12-20-39(33)43)29-22-24-41-35(27-29)34-26-28(21-23-40(34)44(41)3)42(2)36-17-9-5-13-30(36)31-14-6-10-18-37(31)42/h5-24,26-27H,4,25H2,1-3H3. The summed E-state index contributed by atoms with van der Waals surface area (Å²) in [5, 5.41) is 2.67. The normalized spacial score (nSPS) is 15.2. The Kier molecular flexibility index (Phi) is 5.27. The molecule has 1 nitrogen and oxygen atoms in total. The highest BCUT2D eigenvalue weighted by atomic mass is 14.9. The summed E-state index contributed by atoms with van der Waals surface area (Å²) in [6.45, 7) is 4.74. The zero-order chi connectivity index (χ0) is 29.6. The van der Waals surface area contributed by atoms with Crippen LogP contribution in [-0.4, -0.2) is 4.57 Å². The van der Waals surface area contributed by atoms with Crippen LogP contribution in [0.4, 0.5) is 0 Å². The highest BCUT2D eigenvalue weighted by Crippen LogP contribution is 2.56. The van der Waals surface area contributed by atoms with Crippen molar-refractivity contribution in [3.8, 4) is 22.3 Å². The highest BCUT2D eigenvalue weighted by Gasteiger charge is 2.44. The number of hydrogen-bond donors (Lipinski definition) is 0. The molecule has 1 heterocycles. The molecule has 0 aliphatic heterocycles. The summed E-state index contributed by atoms with van der Waals surface area (Å²) in [6, 6.07) is 50.6. The largest absolute Gasteiger partial charge is 0.344 e. The maximum absolute atomic E-state index is 2.52. The van der Waals surface area contributed by atoms with Gasteiger partial charge in [0.1, 0.15) is 0 Å². The van der Waals surface area contributed by atoms with E-state index in [1.54, 1.807) is 0 Å². The summed E-state index contributed by atoms with van der Waals surface area (Å²) in [5.41, 5.74) is 16.0. The Hall–Kier alpha value is -4.88. The van der Waals surface area contributed by atoms with Crippen LogP contribution in [0.25, 0.3) is 44.1 Å². The number of hydrogen-bond acceptors (Lipinski definition) is 0. The summed E-state index contributed by atoms with van der Waals surface area (Å²) in [6.07, 6.45) is 2.19. The van der Waals surface area contributed by atoms with Crippen LogP contribution in [0, 0.1) is 0 Å². The Balaban J connectivity index is 1.31. The first kappa shape index (κ1) is 25.6. The van der Waals surface area contributed by atoms with Gasteiger partial charge in [0.05, 0.1) is 0 Å². The van der Waals surface area contributed by atoms with Crippen molar-refractivity contribution in [2.45, 2.75) is 37.5 Å². The average molecular weight is 566 g/mol. The van der Waals surface area contributed by atoms with Gasteiger partial charge in [-0.2, -0.15) is 0 Å². The second kappa shape index (κ2) is 9.07. The molecule has 44 heavy (non-hydrogen) atoms. The smallest absolute Gasteiger partial charge is 0.0488 e. The molecule has 6 aromatic carbocycles. The maximum atomic E-state index is 2.52. The molecule has 0 bridgehead atoms. The van der Waals surface area contributed by atoms with Crippen LogP contribution in [0.15, 0.2) is 133 Å². The lowest BCUT2D eigenvalue weighted by Gasteiger charge is -2.33. The summed E-state index contributed by atoms with van der Waals surface area (Å²) >= 11 is 0. The Morgan fingerprint density at radius 2 is 0.909 bits per heavy atom. The third-order valence-electron chi connectivity index (χ3n) is 11.0. The fraction of sp³-hybridized carbons (Fsp3) is 0.163. The van der Waals surface area contributed by atoms with Crippen molar-refractivity contribution in [3.63, 3.8) is 0 Å². The molecule has 212 valence electrons. The number of nitrogens with zero attached hydrogens (tertiary/aromatic N) is 1. The molecule has 0 saturated heterocycles. The second-order valence-corrected chi connectivity index (χ2v) is 13.0. The lowest BCUT2D eigenvalue weighted by Crippen LogP contribution is -2.26. The van der Waals surface area contributed by atoms with E-state index in [4.69, 9.17) is 0 Å². The van der Waals surface area contributed by atoms with Crippen molar-refractivity contribution in [1.82, 2.24) is 4.57 Å².